The van der Waals surface area contributed by atoms with Gasteiger partial charge in [-0.1, -0.05) is 35.5 Å². The molecule has 0 saturated carbocycles. The minimum atomic E-state index is -0.546. The summed E-state index contributed by atoms with van der Waals surface area (Å²) >= 11 is 12.1. The van der Waals surface area contributed by atoms with Crippen LogP contribution in [0.25, 0.3) is 6.08 Å². The van der Waals surface area contributed by atoms with Gasteiger partial charge in [-0.2, -0.15) is 0 Å². The van der Waals surface area contributed by atoms with Crippen molar-refractivity contribution in [1.29, 1.82) is 0 Å². The summed E-state index contributed by atoms with van der Waals surface area (Å²) in [6.45, 7) is 0. The van der Waals surface area contributed by atoms with Crippen molar-refractivity contribution in [3.8, 4) is 0 Å². The van der Waals surface area contributed by atoms with E-state index in [-0.39, 0.29) is 10.7 Å². The minimum absolute atomic E-state index is 0.000744. The molecule has 8 heteroatoms. The highest BCUT2D eigenvalue weighted by Crippen LogP contribution is 2.26. The Morgan fingerprint density at radius 1 is 1.08 bits per heavy atom. The van der Waals surface area contributed by atoms with Gasteiger partial charge in [0.2, 0.25) is 0 Å². The molecule has 2 amide bonds. The Balaban J connectivity index is 1.68. The predicted octanol–water partition coefficient (Wildman–Crippen LogP) is 3.14. The number of hydrogen-bond donors (Lipinski definition) is 2. The van der Waals surface area contributed by atoms with E-state index in [9.17, 15) is 9.59 Å². The van der Waals surface area contributed by atoms with Gasteiger partial charge in [0.25, 0.3) is 11.8 Å². The molecule has 2 heterocycles. The molecule has 0 unspecified atom stereocenters. The van der Waals surface area contributed by atoms with Crippen molar-refractivity contribution >= 4 is 58.6 Å². The maximum absolute atomic E-state index is 11.8. The Kier molecular flexibility index (Phi) is 5.03. The first-order chi connectivity index (χ1) is 11.5. The Morgan fingerprint density at radius 3 is 2.42 bits per heavy atom. The van der Waals surface area contributed by atoms with E-state index in [1.165, 1.54) is 17.8 Å². The van der Waals surface area contributed by atoms with Gasteiger partial charge in [0.15, 0.2) is 10.2 Å². The van der Waals surface area contributed by atoms with Crippen molar-refractivity contribution in [3.05, 3.63) is 58.3 Å². The average Bonchev–Trinajstić information content (AvgIpc) is 2.98. The van der Waals surface area contributed by atoms with E-state index in [4.69, 9.17) is 28.2 Å². The minimum Gasteiger partial charge on any atom is -0.450 e. The SMILES string of the molecule is O=C1NC(=S)NC(=O)C1=Cc1ccc(SCc2ccc(Cl)cc2)o1. The Bertz CT molecular complexity index is 821. The second-order valence-corrected chi connectivity index (χ2v) is 6.69. The molecular weight excluding hydrogens is 368 g/mol. The summed E-state index contributed by atoms with van der Waals surface area (Å²) in [5.41, 5.74) is 1.06. The van der Waals surface area contributed by atoms with Gasteiger partial charge in [-0.05, 0) is 48.1 Å². The fourth-order valence-electron chi connectivity index (χ4n) is 1.97. The number of rotatable bonds is 4. The quantitative estimate of drug-likeness (QED) is 0.370. The van der Waals surface area contributed by atoms with Crippen molar-refractivity contribution in [2.75, 3.05) is 0 Å². The van der Waals surface area contributed by atoms with Crippen LogP contribution in [0.2, 0.25) is 5.02 Å². The number of carbonyl (C=O) groups is 2. The van der Waals surface area contributed by atoms with Crippen LogP contribution < -0.4 is 10.6 Å². The van der Waals surface area contributed by atoms with Crippen molar-refractivity contribution in [2.24, 2.45) is 0 Å². The number of carbonyl (C=O) groups excluding carboxylic acids is 2. The number of thioether (sulfide) groups is 1. The maximum Gasteiger partial charge on any atom is 0.263 e. The number of hydrogen-bond acceptors (Lipinski definition) is 5. The van der Waals surface area contributed by atoms with Gasteiger partial charge in [-0.3, -0.25) is 20.2 Å². The highest BCUT2D eigenvalue weighted by molar-refractivity contribution is 7.98. The van der Waals surface area contributed by atoms with E-state index in [1.807, 2.05) is 24.3 Å². The van der Waals surface area contributed by atoms with E-state index < -0.39 is 11.8 Å². The summed E-state index contributed by atoms with van der Waals surface area (Å²) in [7, 11) is 0. The van der Waals surface area contributed by atoms with E-state index >= 15 is 0 Å². The molecule has 2 N–H and O–H groups in total. The van der Waals surface area contributed by atoms with Crippen LogP contribution in [0.3, 0.4) is 0 Å². The van der Waals surface area contributed by atoms with Crippen molar-refractivity contribution in [1.82, 2.24) is 10.6 Å². The molecule has 0 aliphatic carbocycles. The molecule has 24 heavy (non-hydrogen) atoms. The van der Waals surface area contributed by atoms with Gasteiger partial charge >= 0.3 is 0 Å². The first-order valence-electron chi connectivity index (χ1n) is 6.87. The predicted molar refractivity (Wildman–Crippen MR) is 96.6 cm³/mol. The first-order valence-corrected chi connectivity index (χ1v) is 8.64. The lowest BCUT2D eigenvalue weighted by Gasteiger charge is -2.15. The number of benzene rings is 1. The lowest BCUT2D eigenvalue weighted by molar-refractivity contribution is -0.123. The van der Waals surface area contributed by atoms with Crippen molar-refractivity contribution in [2.45, 2.75) is 10.8 Å². The van der Waals surface area contributed by atoms with Gasteiger partial charge in [0.05, 0.1) is 0 Å². The molecule has 0 radical (unpaired) electrons. The summed E-state index contributed by atoms with van der Waals surface area (Å²) in [4.78, 5) is 23.6. The summed E-state index contributed by atoms with van der Waals surface area (Å²) in [6.07, 6.45) is 1.39. The van der Waals surface area contributed by atoms with E-state index in [1.54, 1.807) is 12.1 Å². The molecular formula is C16H11ClN2O3S2. The molecule has 1 aromatic heterocycles. The van der Waals surface area contributed by atoms with Crippen LogP contribution in [0.15, 0.2) is 51.5 Å². The molecule has 3 rings (SSSR count). The van der Waals surface area contributed by atoms with Gasteiger partial charge in [-0.25, -0.2) is 0 Å². The fourth-order valence-corrected chi connectivity index (χ4v) is 3.11. The largest absolute Gasteiger partial charge is 0.450 e. The molecule has 0 bridgehead atoms. The highest BCUT2D eigenvalue weighted by Gasteiger charge is 2.26. The molecule has 2 aromatic rings. The van der Waals surface area contributed by atoms with Crippen LogP contribution in [-0.2, 0) is 15.3 Å². The third-order valence-corrected chi connectivity index (χ3v) is 4.56. The third-order valence-electron chi connectivity index (χ3n) is 3.13. The lowest BCUT2D eigenvalue weighted by Crippen LogP contribution is -2.51. The molecule has 1 aromatic carbocycles. The van der Waals surface area contributed by atoms with Crippen LogP contribution in [0.4, 0.5) is 0 Å². The van der Waals surface area contributed by atoms with Crippen LogP contribution in [0.1, 0.15) is 11.3 Å². The van der Waals surface area contributed by atoms with Crippen molar-refractivity contribution in [3.63, 3.8) is 0 Å². The smallest absolute Gasteiger partial charge is 0.263 e. The van der Waals surface area contributed by atoms with E-state index in [0.29, 0.717) is 15.9 Å². The number of halogens is 1. The summed E-state index contributed by atoms with van der Waals surface area (Å²) < 4.78 is 5.62. The standard InChI is InChI=1S/C16H11ClN2O3S2/c17-10-3-1-9(2-4-10)8-24-13-6-5-11(22-13)7-12-14(20)18-16(23)19-15(12)21/h1-7H,8H2,(H2,18,19,20,21,23). The Labute approximate surface area is 152 Å². The second kappa shape index (κ2) is 7.21. The second-order valence-electron chi connectivity index (χ2n) is 4.87. The molecule has 0 atom stereocenters. The zero-order valence-electron chi connectivity index (χ0n) is 12.2. The molecule has 0 spiro atoms. The molecule has 1 saturated heterocycles. The van der Waals surface area contributed by atoms with Gasteiger partial charge in [0.1, 0.15) is 11.3 Å². The monoisotopic (exact) mass is 378 g/mol. The topological polar surface area (TPSA) is 71.3 Å². The average molecular weight is 379 g/mol. The zero-order valence-corrected chi connectivity index (χ0v) is 14.6. The van der Waals surface area contributed by atoms with Gasteiger partial charge in [-0.15, -0.1) is 0 Å². The zero-order chi connectivity index (χ0) is 17.1. The third kappa shape index (κ3) is 4.05. The summed E-state index contributed by atoms with van der Waals surface area (Å²) in [6, 6.07) is 11.0. The number of thiocarbonyl (C=S) groups is 1. The van der Waals surface area contributed by atoms with Gasteiger partial charge < -0.3 is 4.42 Å². The molecule has 5 nitrogen and oxygen atoms in total. The van der Waals surface area contributed by atoms with Crippen LogP contribution in [0.5, 0.6) is 0 Å². The first kappa shape index (κ1) is 16.8. The van der Waals surface area contributed by atoms with Crippen molar-refractivity contribution < 1.29 is 14.0 Å². The molecule has 122 valence electrons. The molecule has 1 fully saturated rings. The lowest BCUT2D eigenvalue weighted by atomic mass is 10.1. The van der Waals surface area contributed by atoms with Gasteiger partial charge in [0, 0.05) is 10.8 Å². The number of amides is 2. The maximum atomic E-state index is 11.8. The number of furan rings is 1. The highest BCUT2D eigenvalue weighted by atomic mass is 35.5. The Morgan fingerprint density at radius 2 is 1.75 bits per heavy atom. The summed E-state index contributed by atoms with van der Waals surface area (Å²) in [5, 5.41) is 6.12. The van der Waals surface area contributed by atoms with Crippen LogP contribution >= 0.6 is 35.6 Å². The Hall–Kier alpha value is -2.09. The fraction of sp³-hybridized carbons (Fsp3) is 0.0625. The molecule has 1 aliphatic heterocycles. The number of nitrogens with one attached hydrogen (secondary N) is 2. The van der Waals surface area contributed by atoms with E-state index in [0.717, 1.165) is 11.3 Å². The summed E-state index contributed by atoms with van der Waals surface area (Å²) in [5.74, 6) is 0.0448. The normalized spacial score (nSPS) is 14.4. The molecule has 1 aliphatic rings. The van der Waals surface area contributed by atoms with Crippen LogP contribution in [0, 0.1) is 0 Å². The van der Waals surface area contributed by atoms with Crippen LogP contribution in [-0.4, -0.2) is 16.9 Å². The van der Waals surface area contributed by atoms with E-state index in [2.05, 4.69) is 10.6 Å².